The van der Waals surface area contributed by atoms with Gasteiger partial charge in [0.2, 0.25) is 5.91 Å². The van der Waals surface area contributed by atoms with Gasteiger partial charge in [0.05, 0.1) is 0 Å². The van der Waals surface area contributed by atoms with Gasteiger partial charge in [0.15, 0.2) is 0 Å². The molecule has 1 rings (SSSR count). The molecular formula is C10H12N2O. The Balaban J connectivity index is 2.85. The summed E-state index contributed by atoms with van der Waals surface area (Å²) in [7, 11) is 1.57. The number of likely N-dealkylation sites (N-methyl/N-ethyl adjacent to an activating group) is 1. The number of carbonyl (C=O) groups is 1. The zero-order valence-electron chi connectivity index (χ0n) is 7.45. The smallest absolute Gasteiger partial charge is 0.245 e. The third-order valence-corrected chi connectivity index (χ3v) is 1.64. The van der Waals surface area contributed by atoms with Gasteiger partial charge >= 0.3 is 0 Å². The van der Waals surface area contributed by atoms with Crippen molar-refractivity contribution in [3.8, 4) is 0 Å². The summed E-state index contributed by atoms with van der Waals surface area (Å²) in [6, 6.07) is 9.36. The second-order valence-electron chi connectivity index (χ2n) is 2.58. The summed E-state index contributed by atoms with van der Waals surface area (Å²) in [4.78, 5) is 10.9. The van der Waals surface area contributed by atoms with Crippen LogP contribution in [0.4, 0.5) is 0 Å². The summed E-state index contributed by atoms with van der Waals surface area (Å²) < 4.78 is 0. The van der Waals surface area contributed by atoms with Crippen molar-refractivity contribution in [3.63, 3.8) is 0 Å². The van der Waals surface area contributed by atoms with Gasteiger partial charge in [0.1, 0.15) is 0 Å². The number of rotatable bonds is 2. The third-order valence-electron chi connectivity index (χ3n) is 1.64. The fraction of sp³-hybridized carbons (Fsp3) is 0.100. The number of hydrogen-bond donors (Lipinski definition) is 2. The van der Waals surface area contributed by atoms with Crippen molar-refractivity contribution in [2.75, 3.05) is 7.05 Å². The van der Waals surface area contributed by atoms with E-state index in [2.05, 4.69) is 5.32 Å². The van der Waals surface area contributed by atoms with Gasteiger partial charge in [0, 0.05) is 18.8 Å². The maximum atomic E-state index is 10.9. The maximum absolute atomic E-state index is 10.9. The molecule has 0 bridgehead atoms. The van der Waals surface area contributed by atoms with Crippen LogP contribution in [0, 0.1) is 0 Å². The largest absolute Gasteiger partial charge is 0.398 e. The molecule has 0 saturated carbocycles. The van der Waals surface area contributed by atoms with Crippen molar-refractivity contribution in [1.29, 1.82) is 0 Å². The van der Waals surface area contributed by atoms with Crippen LogP contribution in [-0.2, 0) is 4.79 Å². The summed E-state index contributed by atoms with van der Waals surface area (Å²) in [5.41, 5.74) is 7.00. The molecule has 0 aliphatic heterocycles. The molecule has 3 nitrogen and oxygen atoms in total. The number of amides is 1. The van der Waals surface area contributed by atoms with Crippen LogP contribution in [-0.4, -0.2) is 13.0 Å². The van der Waals surface area contributed by atoms with Crippen LogP contribution in [0.3, 0.4) is 0 Å². The molecule has 0 aromatic heterocycles. The van der Waals surface area contributed by atoms with Gasteiger partial charge in [-0.25, -0.2) is 0 Å². The van der Waals surface area contributed by atoms with Crippen molar-refractivity contribution in [2.24, 2.45) is 5.73 Å². The maximum Gasteiger partial charge on any atom is 0.245 e. The lowest BCUT2D eigenvalue weighted by molar-refractivity contribution is -0.116. The minimum Gasteiger partial charge on any atom is -0.398 e. The van der Waals surface area contributed by atoms with E-state index in [1.165, 1.54) is 6.08 Å². The number of carbonyl (C=O) groups excluding carboxylic acids is 1. The Bertz CT molecular complexity index is 317. The van der Waals surface area contributed by atoms with Gasteiger partial charge in [-0.2, -0.15) is 0 Å². The molecule has 13 heavy (non-hydrogen) atoms. The molecule has 68 valence electrons. The molecule has 0 heterocycles. The van der Waals surface area contributed by atoms with Crippen LogP contribution in [0.2, 0.25) is 0 Å². The molecule has 0 saturated heterocycles. The van der Waals surface area contributed by atoms with Gasteiger partial charge < -0.3 is 11.1 Å². The first kappa shape index (κ1) is 9.32. The van der Waals surface area contributed by atoms with Crippen molar-refractivity contribution in [2.45, 2.75) is 0 Å². The molecule has 0 atom stereocenters. The highest BCUT2D eigenvalue weighted by molar-refractivity contribution is 5.94. The fourth-order valence-corrected chi connectivity index (χ4v) is 0.927. The van der Waals surface area contributed by atoms with E-state index >= 15 is 0 Å². The van der Waals surface area contributed by atoms with Gasteiger partial charge in [-0.15, -0.1) is 0 Å². The highest BCUT2D eigenvalue weighted by Crippen LogP contribution is 2.06. The lowest BCUT2D eigenvalue weighted by Gasteiger charge is -1.99. The summed E-state index contributed by atoms with van der Waals surface area (Å²) in [6.45, 7) is 0. The zero-order chi connectivity index (χ0) is 9.68. The molecule has 3 heteroatoms. The van der Waals surface area contributed by atoms with Crippen LogP contribution >= 0.6 is 0 Å². The van der Waals surface area contributed by atoms with E-state index in [1.54, 1.807) is 7.05 Å². The van der Waals surface area contributed by atoms with E-state index < -0.39 is 0 Å². The minimum atomic E-state index is -0.193. The number of hydrogen-bond acceptors (Lipinski definition) is 2. The lowest BCUT2D eigenvalue weighted by Crippen LogP contribution is -2.16. The molecule has 1 aromatic carbocycles. The first-order valence-electron chi connectivity index (χ1n) is 3.98. The third kappa shape index (κ3) is 2.63. The number of benzene rings is 1. The molecule has 0 aliphatic carbocycles. The van der Waals surface area contributed by atoms with Crippen molar-refractivity contribution < 1.29 is 4.79 Å². The molecule has 0 radical (unpaired) electrons. The van der Waals surface area contributed by atoms with E-state index in [4.69, 9.17) is 5.73 Å². The minimum absolute atomic E-state index is 0.193. The van der Waals surface area contributed by atoms with Crippen LogP contribution in [0.25, 0.3) is 5.70 Å². The van der Waals surface area contributed by atoms with Gasteiger partial charge in [-0.3, -0.25) is 4.79 Å². The molecule has 1 aromatic rings. The summed E-state index contributed by atoms with van der Waals surface area (Å²) in [5.74, 6) is -0.193. The second-order valence-corrected chi connectivity index (χ2v) is 2.58. The summed E-state index contributed by atoms with van der Waals surface area (Å²) in [6.07, 6.45) is 1.37. The SMILES string of the molecule is CNC(=O)C=C(N)c1ccccc1. The zero-order valence-corrected chi connectivity index (χ0v) is 7.45. The van der Waals surface area contributed by atoms with E-state index in [0.717, 1.165) is 5.56 Å². The normalized spacial score (nSPS) is 11.0. The average Bonchev–Trinajstić information content (AvgIpc) is 2.19. The van der Waals surface area contributed by atoms with Crippen LogP contribution in [0.5, 0.6) is 0 Å². The molecule has 0 unspecified atom stereocenters. The number of nitrogens with two attached hydrogens (primary N) is 1. The topological polar surface area (TPSA) is 55.1 Å². The van der Waals surface area contributed by atoms with Crippen molar-refractivity contribution in [3.05, 3.63) is 42.0 Å². The van der Waals surface area contributed by atoms with Crippen LogP contribution in [0.1, 0.15) is 5.56 Å². The molecule has 0 aliphatic rings. The van der Waals surface area contributed by atoms with Crippen molar-refractivity contribution in [1.82, 2.24) is 5.32 Å². The summed E-state index contributed by atoms with van der Waals surface area (Å²) in [5, 5.41) is 2.47. The Hall–Kier alpha value is -1.77. The second kappa shape index (κ2) is 4.30. The predicted octanol–water partition coefficient (Wildman–Crippen LogP) is 0.732. The van der Waals surface area contributed by atoms with E-state index in [9.17, 15) is 4.79 Å². The van der Waals surface area contributed by atoms with E-state index in [1.807, 2.05) is 30.3 Å². The van der Waals surface area contributed by atoms with Gasteiger partial charge in [0.25, 0.3) is 0 Å². The predicted molar refractivity (Wildman–Crippen MR) is 52.7 cm³/mol. The molecule has 0 fully saturated rings. The van der Waals surface area contributed by atoms with E-state index in [-0.39, 0.29) is 5.91 Å². The highest BCUT2D eigenvalue weighted by atomic mass is 16.1. The van der Waals surface area contributed by atoms with E-state index in [0.29, 0.717) is 5.70 Å². The van der Waals surface area contributed by atoms with Crippen LogP contribution in [0.15, 0.2) is 36.4 Å². The fourth-order valence-electron chi connectivity index (χ4n) is 0.927. The molecule has 1 amide bonds. The molecule has 0 spiro atoms. The van der Waals surface area contributed by atoms with Crippen LogP contribution < -0.4 is 11.1 Å². The Morgan fingerprint density at radius 2 is 2.00 bits per heavy atom. The standard InChI is InChI=1S/C10H12N2O/c1-12-10(13)7-9(11)8-5-3-2-4-6-8/h2-7H,11H2,1H3,(H,12,13). The van der Waals surface area contributed by atoms with Gasteiger partial charge in [-0.1, -0.05) is 30.3 Å². The Labute approximate surface area is 77.3 Å². The van der Waals surface area contributed by atoms with Crippen molar-refractivity contribution >= 4 is 11.6 Å². The van der Waals surface area contributed by atoms with Gasteiger partial charge in [-0.05, 0) is 5.56 Å². The highest BCUT2D eigenvalue weighted by Gasteiger charge is 1.97. The average molecular weight is 176 g/mol. The first-order chi connectivity index (χ1) is 6.24. The number of nitrogens with one attached hydrogen (secondary N) is 1. The lowest BCUT2D eigenvalue weighted by atomic mass is 10.1. The summed E-state index contributed by atoms with van der Waals surface area (Å²) >= 11 is 0. The quantitative estimate of drug-likeness (QED) is 0.653. The molecular weight excluding hydrogens is 164 g/mol. The Kier molecular flexibility index (Phi) is 3.09. The first-order valence-corrected chi connectivity index (χ1v) is 3.98. The molecule has 3 N–H and O–H groups in total. The monoisotopic (exact) mass is 176 g/mol. The Morgan fingerprint density at radius 3 is 2.54 bits per heavy atom. The Morgan fingerprint density at radius 1 is 1.38 bits per heavy atom.